The summed E-state index contributed by atoms with van der Waals surface area (Å²) in [5.74, 6) is 0. The molecule has 0 fully saturated rings. The number of halogens is 1. The van der Waals surface area contributed by atoms with E-state index in [2.05, 4.69) is 52.3 Å². The normalized spacial score (nSPS) is 13.9. The van der Waals surface area contributed by atoms with E-state index in [4.69, 9.17) is 10.5 Å². The zero-order valence-corrected chi connectivity index (χ0v) is 13.9. The van der Waals surface area contributed by atoms with Crippen LogP contribution in [0.2, 0.25) is 0 Å². The van der Waals surface area contributed by atoms with E-state index >= 15 is 0 Å². The van der Waals surface area contributed by atoms with Crippen LogP contribution in [0, 0.1) is 0 Å². The fourth-order valence-electron chi connectivity index (χ4n) is 2.37. The molecule has 0 amide bonds. The summed E-state index contributed by atoms with van der Waals surface area (Å²) in [6.45, 7) is 2.70. The predicted molar refractivity (Wildman–Crippen MR) is 91.2 cm³/mol. The van der Waals surface area contributed by atoms with Crippen LogP contribution in [-0.2, 0) is 11.2 Å². The van der Waals surface area contributed by atoms with Gasteiger partial charge < -0.3 is 10.5 Å². The molecule has 2 nitrogen and oxygen atoms in total. The maximum atomic E-state index is 6.07. The third-order valence-corrected chi connectivity index (χ3v) is 3.90. The SMILES string of the molecule is CC(N)C(OCCCc1ccccc1)c1cccc(Br)c1. The van der Waals surface area contributed by atoms with Gasteiger partial charge in [-0.05, 0) is 43.0 Å². The van der Waals surface area contributed by atoms with Crippen molar-refractivity contribution in [1.82, 2.24) is 0 Å². The lowest BCUT2D eigenvalue weighted by Crippen LogP contribution is -2.27. The van der Waals surface area contributed by atoms with Gasteiger partial charge in [0, 0.05) is 17.1 Å². The number of hydrogen-bond donors (Lipinski definition) is 1. The number of aryl methyl sites for hydroxylation is 1. The highest BCUT2D eigenvalue weighted by Crippen LogP contribution is 2.23. The molecule has 0 aliphatic heterocycles. The molecule has 112 valence electrons. The third kappa shape index (κ3) is 5.27. The maximum Gasteiger partial charge on any atom is 0.0973 e. The largest absolute Gasteiger partial charge is 0.372 e. The van der Waals surface area contributed by atoms with Crippen LogP contribution in [0.15, 0.2) is 59.1 Å². The summed E-state index contributed by atoms with van der Waals surface area (Å²) in [6.07, 6.45) is 1.98. The van der Waals surface area contributed by atoms with Crippen molar-refractivity contribution in [2.24, 2.45) is 5.73 Å². The summed E-state index contributed by atoms with van der Waals surface area (Å²) in [5.41, 5.74) is 8.54. The fourth-order valence-corrected chi connectivity index (χ4v) is 2.78. The van der Waals surface area contributed by atoms with Gasteiger partial charge in [0.05, 0.1) is 6.10 Å². The molecule has 0 saturated heterocycles. The molecule has 2 atom stereocenters. The van der Waals surface area contributed by atoms with Crippen LogP contribution in [0.4, 0.5) is 0 Å². The minimum absolute atomic E-state index is 0.0315. The molecule has 0 spiro atoms. The van der Waals surface area contributed by atoms with Crippen LogP contribution in [0.5, 0.6) is 0 Å². The first-order chi connectivity index (χ1) is 10.2. The fraction of sp³-hybridized carbons (Fsp3) is 0.333. The second-order valence-corrected chi connectivity index (χ2v) is 6.21. The zero-order chi connectivity index (χ0) is 15.1. The molecular weight excluding hydrogens is 326 g/mol. The van der Waals surface area contributed by atoms with Crippen LogP contribution in [-0.4, -0.2) is 12.6 Å². The summed E-state index contributed by atoms with van der Waals surface area (Å²) in [5, 5.41) is 0. The van der Waals surface area contributed by atoms with Gasteiger partial charge >= 0.3 is 0 Å². The highest BCUT2D eigenvalue weighted by molar-refractivity contribution is 9.10. The van der Waals surface area contributed by atoms with E-state index in [0.29, 0.717) is 6.61 Å². The number of rotatable bonds is 7. The number of hydrogen-bond acceptors (Lipinski definition) is 2. The minimum atomic E-state index is -0.0572. The summed E-state index contributed by atoms with van der Waals surface area (Å²) < 4.78 is 7.07. The molecule has 21 heavy (non-hydrogen) atoms. The quantitative estimate of drug-likeness (QED) is 0.749. The highest BCUT2D eigenvalue weighted by Gasteiger charge is 2.16. The average molecular weight is 348 g/mol. The monoisotopic (exact) mass is 347 g/mol. The van der Waals surface area contributed by atoms with Crippen molar-refractivity contribution in [3.63, 3.8) is 0 Å². The number of ether oxygens (including phenoxy) is 1. The van der Waals surface area contributed by atoms with Gasteiger partial charge in [-0.3, -0.25) is 0 Å². The van der Waals surface area contributed by atoms with Gasteiger partial charge in [0.1, 0.15) is 0 Å². The Hall–Kier alpha value is -1.16. The molecule has 2 unspecified atom stereocenters. The van der Waals surface area contributed by atoms with Crippen molar-refractivity contribution in [1.29, 1.82) is 0 Å². The lowest BCUT2D eigenvalue weighted by atomic mass is 10.0. The molecule has 0 aromatic heterocycles. The molecular formula is C18H22BrNO. The van der Waals surface area contributed by atoms with Crippen LogP contribution in [0.1, 0.15) is 30.6 Å². The Morgan fingerprint density at radius 2 is 1.86 bits per heavy atom. The summed E-state index contributed by atoms with van der Waals surface area (Å²) in [4.78, 5) is 0. The Morgan fingerprint density at radius 3 is 2.52 bits per heavy atom. The van der Waals surface area contributed by atoms with E-state index < -0.39 is 0 Å². The third-order valence-electron chi connectivity index (χ3n) is 3.40. The first kappa shape index (κ1) is 16.2. The molecule has 2 aromatic rings. The number of benzene rings is 2. The second-order valence-electron chi connectivity index (χ2n) is 5.29. The van der Waals surface area contributed by atoms with Crippen LogP contribution in [0.3, 0.4) is 0 Å². The zero-order valence-electron chi connectivity index (χ0n) is 12.3. The standard InChI is InChI=1S/C18H22BrNO/c1-14(20)18(16-10-5-11-17(19)13-16)21-12-6-9-15-7-3-2-4-8-15/h2-5,7-8,10-11,13-14,18H,6,9,12,20H2,1H3. The molecule has 0 aliphatic carbocycles. The summed E-state index contributed by atoms with van der Waals surface area (Å²) in [6, 6.07) is 18.6. The minimum Gasteiger partial charge on any atom is -0.372 e. The van der Waals surface area contributed by atoms with E-state index in [1.54, 1.807) is 0 Å². The van der Waals surface area contributed by atoms with Gasteiger partial charge in [-0.25, -0.2) is 0 Å². The van der Waals surface area contributed by atoms with Crippen molar-refractivity contribution >= 4 is 15.9 Å². The smallest absolute Gasteiger partial charge is 0.0973 e. The van der Waals surface area contributed by atoms with Gasteiger partial charge in [0.15, 0.2) is 0 Å². The van der Waals surface area contributed by atoms with Crippen molar-refractivity contribution < 1.29 is 4.74 Å². The predicted octanol–water partition coefficient (Wildman–Crippen LogP) is 4.49. The van der Waals surface area contributed by atoms with Crippen molar-refractivity contribution in [2.45, 2.75) is 31.9 Å². The first-order valence-electron chi connectivity index (χ1n) is 7.33. The van der Waals surface area contributed by atoms with E-state index in [1.807, 2.05) is 25.1 Å². The van der Waals surface area contributed by atoms with E-state index in [0.717, 1.165) is 22.9 Å². The molecule has 0 radical (unpaired) electrons. The molecule has 0 saturated carbocycles. The Balaban J connectivity index is 1.86. The molecule has 0 heterocycles. The Labute approximate surface area is 135 Å². The van der Waals surface area contributed by atoms with Crippen molar-refractivity contribution in [3.8, 4) is 0 Å². The lowest BCUT2D eigenvalue weighted by Gasteiger charge is -2.22. The molecule has 0 bridgehead atoms. The second kappa shape index (κ2) is 8.32. The van der Waals surface area contributed by atoms with Gasteiger partial charge in [0.2, 0.25) is 0 Å². The van der Waals surface area contributed by atoms with Gasteiger partial charge in [-0.1, -0.05) is 58.4 Å². The van der Waals surface area contributed by atoms with Gasteiger partial charge in [-0.15, -0.1) is 0 Å². The van der Waals surface area contributed by atoms with E-state index in [1.165, 1.54) is 5.56 Å². The van der Waals surface area contributed by atoms with Gasteiger partial charge in [0.25, 0.3) is 0 Å². The van der Waals surface area contributed by atoms with Crippen LogP contribution < -0.4 is 5.73 Å². The highest BCUT2D eigenvalue weighted by atomic mass is 79.9. The Kier molecular flexibility index (Phi) is 6.43. The molecule has 2 aromatic carbocycles. The molecule has 2 N–H and O–H groups in total. The summed E-state index contributed by atoms with van der Waals surface area (Å²) >= 11 is 3.50. The maximum absolute atomic E-state index is 6.07. The van der Waals surface area contributed by atoms with Gasteiger partial charge in [-0.2, -0.15) is 0 Å². The average Bonchev–Trinajstić information content (AvgIpc) is 2.48. The molecule has 2 rings (SSSR count). The Bertz CT molecular complexity index is 542. The van der Waals surface area contributed by atoms with E-state index in [-0.39, 0.29) is 12.1 Å². The molecule has 0 aliphatic rings. The van der Waals surface area contributed by atoms with Crippen molar-refractivity contribution in [2.75, 3.05) is 6.61 Å². The van der Waals surface area contributed by atoms with Crippen LogP contribution >= 0.6 is 15.9 Å². The van der Waals surface area contributed by atoms with Crippen molar-refractivity contribution in [3.05, 3.63) is 70.2 Å². The number of nitrogens with two attached hydrogens (primary N) is 1. The molecule has 3 heteroatoms. The van der Waals surface area contributed by atoms with Crippen LogP contribution in [0.25, 0.3) is 0 Å². The van der Waals surface area contributed by atoms with E-state index in [9.17, 15) is 0 Å². The topological polar surface area (TPSA) is 35.2 Å². The lowest BCUT2D eigenvalue weighted by molar-refractivity contribution is 0.0369. The first-order valence-corrected chi connectivity index (χ1v) is 8.12. The Morgan fingerprint density at radius 1 is 1.10 bits per heavy atom. The summed E-state index contributed by atoms with van der Waals surface area (Å²) in [7, 11) is 0.